The molecule has 0 aromatic heterocycles. The summed E-state index contributed by atoms with van der Waals surface area (Å²) in [4.78, 5) is 26.2. The van der Waals surface area contributed by atoms with Gasteiger partial charge in [-0.2, -0.15) is 0 Å². The van der Waals surface area contributed by atoms with E-state index >= 15 is 0 Å². The Bertz CT molecular complexity index is 1560. The lowest BCUT2D eigenvalue weighted by Gasteiger charge is -2.58. The lowest BCUT2D eigenvalue weighted by Crippen LogP contribution is -2.51. The molecule has 4 unspecified atom stereocenters. The summed E-state index contributed by atoms with van der Waals surface area (Å²) < 4.78 is 11.8. The molecule has 7 nitrogen and oxygen atoms in total. The number of aromatic hydroxyl groups is 1. The number of nitrogens with one attached hydrogen (secondary N) is 1. The van der Waals surface area contributed by atoms with E-state index in [2.05, 4.69) is 46.0 Å². The number of cyclic esters (lactones) is 1. The number of hydrogen-bond acceptors (Lipinski definition) is 6. The Morgan fingerprint density at radius 3 is 2.67 bits per heavy atom. The van der Waals surface area contributed by atoms with Gasteiger partial charge in [0.05, 0.1) is 6.10 Å². The summed E-state index contributed by atoms with van der Waals surface area (Å²) in [5.41, 5.74) is 3.02. The standard InChI is InChI=1S/C47H69NO6/c1-30(2)12-9-14-31(3)38-21-22-39-37-20-19-34-28-36(23-25-46(34,5)40(37)24-26-47(38,39)6)54-45(52)48-27-11-17-35-29-42(50)32(4)13-7-8-15-33-16-10-18-41(49)43(33)44(51)53-35/h7-8,10-11,16,18-19,27,30-32,35-40,42,49-50H,9,12-15,17,20-26,28-29H2,1-6H3,(H,48,52)/t31-,32+,35?,36+,37?,38-,39?,40?,42-,46+,47-/m1/s1. The molecule has 3 saturated carbocycles. The van der Waals surface area contributed by atoms with Crippen molar-refractivity contribution in [2.75, 3.05) is 0 Å². The lowest BCUT2D eigenvalue weighted by atomic mass is 9.47. The normalized spacial score (nSPS) is 36.1. The number of phenolic OH excluding ortho intramolecular Hbond substituents is 1. The van der Waals surface area contributed by atoms with Crippen LogP contribution in [0.25, 0.3) is 0 Å². The zero-order valence-corrected chi connectivity index (χ0v) is 34.0. The molecule has 5 aliphatic rings. The third-order valence-electron chi connectivity index (χ3n) is 15.0. The molecule has 1 aromatic rings. The van der Waals surface area contributed by atoms with Crippen molar-refractivity contribution in [2.45, 2.75) is 156 Å². The molecule has 11 atom stereocenters. The number of allylic oxidation sites excluding steroid dienone is 3. The topological polar surface area (TPSA) is 105 Å². The molecule has 3 fully saturated rings. The van der Waals surface area contributed by atoms with Crippen LogP contribution in [-0.2, 0) is 15.9 Å². The van der Waals surface area contributed by atoms with Gasteiger partial charge in [0.25, 0.3) is 0 Å². The predicted octanol–water partition coefficient (Wildman–Crippen LogP) is 10.8. The molecule has 7 heteroatoms. The summed E-state index contributed by atoms with van der Waals surface area (Å²) in [6.45, 7) is 14.4. The number of rotatable bonds is 9. The number of phenols is 1. The van der Waals surface area contributed by atoms with Gasteiger partial charge >= 0.3 is 12.1 Å². The Labute approximate surface area is 325 Å². The van der Waals surface area contributed by atoms with Crippen LogP contribution in [0.2, 0.25) is 0 Å². The number of benzene rings is 1. The van der Waals surface area contributed by atoms with Gasteiger partial charge in [-0.3, -0.25) is 5.32 Å². The Kier molecular flexibility index (Phi) is 13.1. The summed E-state index contributed by atoms with van der Waals surface area (Å²) >= 11 is 0. The second kappa shape index (κ2) is 17.4. The fourth-order valence-electron chi connectivity index (χ4n) is 11.9. The van der Waals surface area contributed by atoms with Crippen LogP contribution in [0, 0.1) is 52.3 Å². The maximum Gasteiger partial charge on any atom is 0.411 e. The highest BCUT2D eigenvalue weighted by atomic mass is 16.6. The maximum atomic E-state index is 13.2. The number of amides is 1. The number of aliphatic hydroxyl groups excluding tert-OH is 1. The van der Waals surface area contributed by atoms with E-state index in [9.17, 15) is 19.8 Å². The predicted molar refractivity (Wildman–Crippen MR) is 215 cm³/mol. The Hall–Kier alpha value is -3.06. The SMILES string of the molecule is CC(C)CCC[C@@H](C)[C@H]1CCC2C3CC=C4C[C@@H](OC(=O)NC=CCC5C[C@@H](O)[C@@H](C)CC=CCc6cccc(O)c6C(=O)O5)CC[C@]4(C)C3CC[C@@]21C. The average Bonchev–Trinajstić information content (AvgIpc) is 3.48. The van der Waals surface area contributed by atoms with Crippen LogP contribution in [0.1, 0.15) is 147 Å². The molecule has 0 radical (unpaired) electrons. The zero-order valence-electron chi connectivity index (χ0n) is 34.0. The van der Waals surface area contributed by atoms with Crippen LogP contribution in [0.3, 0.4) is 0 Å². The summed E-state index contributed by atoms with van der Waals surface area (Å²) in [5, 5.41) is 24.2. The maximum absolute atomic E-state index is 13.2. The highest BCUT2D eigenvalue weighted by molar-refractivity contribution is 5.94. The molecule has 3 N–H and O–H groups in total. The second-order valence-corrected chi connectivity index (χ2v) is 18.9. The largest absolute Gasteiger partial charge is 0.507 e. The molecular weight excluding hydrogens is 675 g/mol. The van der Waals surface area contributed by atoms with E-state index < -0.39 is 24.3 Å². The van der Waals surface area contributed by atoms with Gasteiger partial charge in [0.15, 0.2) is 0 Å². The number of aliphatic hydroxyl groups is 1. The molecule has 1 amide bonds. The number of hydrogen-bond donors (Lipinski definition) is 3. The Balaban J connectivity index is 1.02. The number of esters is 1. The molecule has 54 heavy (non-hydrogen) atoms. The highest BCUT2D eigenvalue weighted by Crippen LogP contribution is 2.67. The first kappa shape index (κ1) is 40.6. The number of carbonyl (C=O) groups is 2. The molecule has 6 rings (SSSR count). The number of carbonyl (C=O) groups excluding carboxylic acids is 2. The van der Waals surface area contributed by atoms with Gasteiger partial charge in [-0.25, -0.2) is 9.59 Å². The van der Waals surface area contributed by atoms with Gasteiger partial charge in [0.2, 0.25) is 0 Å². The zero-order chi connectivity index (χ0) is 38.6. The summed E-state index contributed by atoms with van der Waals surface area (Å²) in [7, 11) is 0. The third kappa shape index (κ3) is 8.82. The van der Waals surface area contributed by atoms with Gasteiger partial charge in [-0.15, -0.1) is 0 Å². The van der Waals surface area contributed by atoms with Crippen molar-refractivity contribution in [1.29, 1.82) is 0 Å². The van der Waals surface area contributed by atoms with Crippen molar-refractivity contribution in [3.63, 3.8) is 0 Å². The molecule has 0 bridgehead atoms. The number of ether oxygens (including phenoxy) is 2. The molecule has 4 aliphatic carbocycles. The minimum atomic E-state index is -0.676. The quantitative estimate of drug-likeness (QED) is 0.172. The molecule has 1 aromatic carbocycles. The van der Waals surface area contributed by atoms with Crippen LogP contribution in [0.5, 0.6) is 5.75 Å². The Morgan fingerprint density at radius 1 is 1.06 bits per heavy atom. The molecular formula is C47H69NO6. The average molecular weight is 744 g/mol. The third-order valence-corrected chi connectivity index (χ3v) is 15.0. The first-order chi connectivity index (χ1) is 25.8. The van der Waals surface area contributed by atoms with Crippen LogP contribution < -0.4 is 5.32 Å². The van der Waals surface area contributed by atoms with Crippen molar-refractivity contribution in [3.05, 3.63) is 65.4 Å². The van der Waals surface area contributed by atoms with Crippen LogP contribution in [0.15, 0.2) is 54.3 Å². The van der Waals surface area contributed by atoms with Crippen molar-refractivity contribution in [2.24, 2.45) is 52.3 Å². The number of fused-ring (bicyclic) bond motifs is 6. The van der Waals surface area contributed by atoms with Gasteiger partial charge in [-0.1, -0.05) is 103 Å². The molecule has 298 valence electrons. The monoisotopic (exact) mass is 744 g/mol. The first-order valence-electron chi connectivity index (χ1n) is 21.5. The fourth-order valence-corrected chi connectivity index (χ4v) is 11.9. The van der Waals surface area contributed by atoms with E-state index in [1.807, 2.05) is 25.1 Å². The first-order valence-corrected chi connectivity index (χ1v) is 21.5. The van der Waals surface area contributed by atoms with Crippen LogP contribution >= 0.6 is 0 Å². The molecule has 0 saturated heterocycles. The Morgan fingerprint density at radius 2 is 1.87 bits per heavy atom. The smallest absolute Gasteiger partial charge is 0.411 e. The van der Waals surface area contributed by atoms with E-state index in [0.29, 0.717) is 30.2 Å². The second-order valence-electron chi connectivity index (χ2n) is 18.9. The van der Waals surface area contributed by atoms with Crippen molar-refractivity contribution in [3.8, 4) is 5.75 Å². The van der Waals surface area contributed by atoms with Crippen molar-refractivity contribution >= 4 is 12.1 Å². The van der Waals surface area contributed by atoms with Gasteiger partial charge < -0.3 is 19.7 Å². The van der Waals surface area contributed by atoms with E-state index in [1.165, 1.54) is 63.0 Å². The highest BCUT2D eigenvalue weighted by Gasteiger charge is 2.59. The minimum absolute atomic E-state index is 0.0171. The summed E-state index contributed by atoms with van der Waals surface area (Å²) in [6, 6.07) is 5.02. The van der Waals surface area contributed by atoms with Crippen LogP contribution in [0.4, 0.5) is 4.79 Å². The van der Waals surface area contributed by atoms with E-state index in [-0.39, 0.29) is 35.2 Å². The molecule has 1 aliphatic heterocycles. The lowest BCUT2D eigenvalue weighted by molar-refractivity contribution is -0.0580. The van der Waals surface area contributed by atoms with Gasteiger partial charge in [0, 0.05) is 25.5 Å². The van der Waals surface area contributed by atoms with Crippen molar-refractivity contribution < 1.29 is 29.3 Å². The van der Waals surface area contributed by atoms with E-state index in [4.69, 9.17) is 9.47 Å². The van der Waals surface area contributed by atoms with Gasteiger partial charge in [-0.05, 0) is 122 Å². The van der Waals surface area contributed by atoms with E-state index in [0.717, 1.165) is 54.8 Å². The number of alkyl carbamates (subject to hydrolysis) is 1. The summed E-state index contributed by atoms with van der Waals surface area (Å²) in [5.74, 6) is 4.05. The van der Waals surface area contributed by atoms with Crippen molar-refractivity contribution in [1.82, 2.24) is 5.32 Å². The van der Waals surface area contributed by atoms with E-state index in [1.54, 1.807) is 18.3 Å². The summed E-state index contributed by atoms with van der Waals surface area (Å²) in [6.07, 6.45) is 23.1. The van der Waals surface area contributed by atoms with Crippen LogP contribution in [-0.4, -0.2) is 40.6 Å². The fraction of sp³-hybridized carbons (Fsp3) is 0.702. The minimum Gasteiger partial charge on any atom is -0.507 e. The molecule has 1 heterocycles. The molecule has 0 spiro atoms. The van der Waals surface area contributed by atoms with Gasteiger partial charge in [0.1, 0.15) is 23.5 Å².